The van der Waals surface area contributed by atoms with Crippen LogP contribution in [0.4, 0.5) is 0 Å². The van der Waals surface area contributed by atoms with E-state index in [-0.39, 0.29) is 12.4 Å². The number of ether oxygens (including phenoxy) is 1. The van der Waals surface area contributed by atoms with Crippen molar-refractivity contribution in [2.24, 2.45) is 0 Å². The van der Waals surface area contributed by atoms with Gasteiger partial charge in [-0.1, -0.05) is 23.2 Å². The molecule has 0 aliphatic heterocycles. The Balaban J connectivity index is 1.62. The molecule has 2 heterocycles. The Bertz CT molecular complexity index is 989. The van der Waals surface area contributed by atoms with Crippen molar-refractivity contribution >= 4 is 35.1 Å². The fourth-order valence-electron chi connectivity index (χ4n) is 2.47. The van der Waals surface area contributed by atoms with E-state index < -0.39 is 0 Å². The number of ketones is 1. The van der Waals surface area contributed by atoms with Gasteiger partial charge in [0.1, 0.15) is 23.9 Å². The van der Waals surface area contributed by atoms with Gasteiger partial charge in [-0.3, -0.25) is 9.48 Å². The lowest BCUT2D eigenvalue weighted by Gasteiger charge is -2.06. The Morgan fingerprint density at radius 1 is 1.30 bits per heavy atom. The van der Waals surface area contributed by atoms with E-state index in [1.54, 1.807) is 47.3 Å². The van der Waals surface area contributed by atoms with E-state index in [0.29, 0.717) is 38.6 Å². The number of halogens is 2. The quantitative estimate of drug-likeness (QED) is 0.380. The molecular formula is C20H18Cl2N2O3. The molecule has 7 heteroatoms. The Labute approximate surface area is 167 Å². The molecule has 1 aromatic carbocycles. The Morgan fingerprint density at radius 2 is 2.11 bits per heavy atom. The molecule has 0 unspecified atom stereocenters. The number of allylic oxidation sites excluding steroid dienone is 1. The van der Waals surface area contributed by atoms with Gasteiger partial charge in [-0.2, -0.15) is 5.10 Å². The van der Waals surface area contributed by atoms with Crippen LogP contribution >= 0.6 is 23.2 Å². The summed E-state index contributed by atoms with van der Waals surface area (Å²) in [6.07, 6.45) is 4.85. The van der Waals surface area contributed by atoms with Crippen LogP contribution in [0, 0.1) is 6.92 Å². The van der Waals surface area contributed by atoms with Crippen LogP contribution in [-0.4, -0.2) is 15.6 Å². The minimum Gasteiger partial charge on any atom is -0.484 e. The molecular weight excluding hydrogens is 387 g/mol. The zero-order valence-corrected chi connectivity index (χ0v) is 16.4. The third-order valence-corrected chi connectivity index (χ3v) is 4.41. The first kappa shape index (κ1) is 19.3. The summed E-state index contributed by atoms with van der Waals surface area (Å²) in [5.41, 5.74) is 1.29. The zero-order chi connectivity index (χ0) is 19.4. The minimum absolute atomic E-state index is 0.116. The number of benzene rings is 1. The van der Waals surface area contributed by atoms with Crippen LogP contribution in [0.1, 0.15) is 34.5 Å². The van der Waals surface area contributed by atoms with Crippen LogP contribution in [0.25, 0.3) is 6.08 Å². The van der Waals surface area contributed by atoms with Gasteiger partial charge in [0, 0.05) is 17.8 Å². The minimum atomic E-state index is -0.116. The average Bonchev–Trinajstić information content (AvgIpc) is 3.25. The van der Waals surface area contributed by atoms with E-state index in [1.807, 2.05) is 13.8 Å². The summed E-state index contributed by atoms with van der Waals surface area (Å²) in [5.74, 6) is 1.58. The van der Waals surface area contributed by atoms with Crippen LogP contribution in [0.2, 0.25) is 10.0 Å². The van der Waals surface area contributed by atoms with Crippen molar-refractivity contribution in [3.05, 3.63) is 75.4 Å². The lowest BCUT2D eigenvalue weighted by molar-refractivity contribution is 0.104. The van der Waals surface area contributed by atoms with E-state index in [2.05, 4.69) is 5.10 Å². The SMILES string of the molecule is CCn1cc(C(=O)/C=C/c2ccc(COc3ccc(Cl)cc3Cl)o2)c(C)n1. The van der Waals surface area contributed by atoms with Crippen LogP contribution in [0.3, 0.4) is 0 Å². The Morgan fingerprint density at radius 3 is 2.81 bits per heavy atom. The lowest BCUT2D eigenvalue weighted by atomic mass is 10.1. The number of furan rings is 1. The maximum absolute atomic E-state index is 12.3. The van der Waals surface area contributed by atoms with Gasteiger partial charge in [-0.25, -0.2) is 0 Å². The van der Waals surface area contributed by atoms with E-state index in [1.165, 1.54) is 6.08 Å². The van der Waals surface area contributed by atoms with Crippen molar-refractivity contribution in [2.75, 3.05) is 0 Å². The first-order chi connectivity index (χ1) is 13.0. The molecule has 27 heavy (non-hydrogen) atoms. The molecule has 3 aromatic rings. The molecule has 0 aliphatic carbocycles. The maximum atomic E-state index is 12.3. The lowest BCUT2D eigenvalue weighted by Crippen LogP contribution is -1.95. The number of carbonyl (C=O) groups excluding carboxylic acids is 1. The van der Waals surface area contributed by atoms with Crippen molar-refractivity contribution in [1.29, 1.82) is 0 Å². The summed E-state index contributed by atoms with van der Waals surface area (Å²) in [6.45, 7) is 4.72. The highest BCUT2D eigenvalue weighted by Crippen LogP contribution is 2.28. The molecule has 0 spiro atoms. The van der Waals surface area contributed by atoms with Gasteiger partial charge >= 0.3 is 0 Å². The van der Waals surface area contributed by atoms with E-state index in [4.69, 9.17) is 32.4 Å². The van der Waals surface area contributed by atoms with Crippen molar-refractivity contribution < 1.29 is 13.9 Å². The molecule has 0 atom stereocenters. The summed E-state index contributed by atoms with van der Waals surface area (Å²) < 4.78 is 13.0. The van der Waals surface area contributed by atoms with Crippen LogP contribution in [-0.2, 0) is 13.2 Å². The summed E-state index contributed by atoms with van der Waals surface area (Å²) in [4.78, 5) is 12.3. The van der Waals surface area contributed by atoms with Crippen molar-refractivity contribution in [3.8, 4) is 5.75 Å². The summed E-state index contributed by atoms with van der Waals surface area (Å²) in [7, 11) is 0. The van der Waals surface area contributed by atoms with Gasteiger partial charge < -0.3 is 9.15 Å². The predicted octanol–water partition coefficient (Wildman–Crippen LogP) is 5.59. The van der Waals surface area contributed by atoms with Crippen molar-refractivity contribution in [3.63, 3.8) is 0 Å². The number of rotatable bonds is 7. The first-order valence-electron chi connectivity index (χ1n) is 8.39. The second-order valence-corrected chi connectivity index (χ2v) is 6.69. The van der Waals surface area contributed by atoms with Crippen molar-refractivity contribution in [2.45, 2.75) is 27.0 Å². The largest absolute Gasteiger partial charge is 0.484 e. The van der Waals surface area contributed by atoms with Crippen LogP contribution < -0.4 is 4.74 Å². The Kier molecular flexibility index (Phi) is 6.04. The van der Waals surface area contributed by atoms with Gasteiger partial charge in [0.25, 0.3) is 0 Å². The highest BCUT2D eigenvalue weighted by molar-refractivity contribution is 6.35. The fourth-order valence-corrected chi connectivity index (χ4v) is 2.94. The van der Waals surface area contributed by atoms with Gasteiger partial charge in [-0.05, 0) is 56.3 Å². The summed E-state index contributed by atoms with van der Waals surface area (Å²) in [6, 6.07) is 8.57. The maximum Gasteiger partial charge on any atom is 0.189 e. The topological polar surface area (TPSA) is 57.3 Å². The summed E-state index contributed by atoms with van der Waals surface area (Å²) in [5, 5.41) is 5.25. The van der Waals surface area contributed by atoms with E-state index >= 15 is 0 Å². The molecule has 0 aliphatic rings. The number of aryl methyl sites for hydroxylation is 2. The Hall–Kier alpha value is -2.50. The molecule has 0 N–H and O–H groups in total. The van der Waals surface area contributed by atoms with Gasteiger partial charge in [-0.15, -0.1) is 0 Å². The average molecular weight is 405 g/mol. The monoisotopic (exact) mass is 404 g/mol. The number of hydrogen-bond donors (Lipinski definition) is 0. The summed E-state index contributed by atoms with van der Waals surface area (Å²) >= 11 is 11.9. The van der Waals surface area contributed by atoms with E-state index in [0.717, 1.165) is 6.54 Å². The molecule has 5 nitrogen and oxygen atoms in total. The van der Waals surface area contributed by atoms with Gasteiger partial charge in [0.2, 0.25) is 0 Å². The third-order valence-electron chi connectivity index (χ3n) is 3.88. The molecule has 0 amide bonds. The molecule has 3 rings (SSSR count). The van der Waals surface area contributed by atoms with Gasteiger partial charge in [0.05, 0.1) is 16.3 Å². The smallest absolute Gasteiger partial charge is 0.189 e. The van der Waals surface area contributed by atoms with Gasteiger partial charge in [0.15, 0.2) is 5.78 Å². The molecule has 0 saturated heterocycles. The molecule has 0 saturated carbocycles. The molecule has 0 fully saturated rings. The first-order valence-corrected chi connectivity index (χ1v) is 9.15. The highest BCUT2D eigenvalue weighted by Gasteiger charge is 2.11. The number of nitrogens with zero attached hydrogens (tertiary/aromatic N) is 2. The van der Waals surface area contributed by atoms with E-state index in [9.17, 15) is 4.79 Å². The normalized spacial score (nSPS) is 11.3. The number of hydrogen-bond acceptors (Lipinski definition) is 4. The molecule has 0 bridgehead atoms. The molecule has 0 radical (unpaired) electrons. The second-order valence-electron chi connectivity index (χ2n) is 5.85. The second kappa shape index (κ2) is 8.46. The standard InChI is InChI=1S/C20H18Cl2N2O3/c1-3-24-11-17(13(2)23-24)19(25)8-7-15-5-6-16(27-15)12-26-20-9-4-14(21)10-18(20)22/h4-11H,3,12H2,1-2H3/b8-7+. The van der Waals surface area contributed by atoms with Crippen LogP contribution in [0.5, 0.6) is 5.75 Å². The highest BCUT2D eigenvalue weighted by atomic mass is 35.5. The predicted molar refractivity (Wildman–Crippen MR) is 106 cm³/mol. The fraction of sp³-hybridized carbons (Fsp3) is 0.200. The third kappa shape index (κ3) is 4.81. The molecule has 2 aromatic heterocycles. The number of carbonyl (C=O) groups is 1. The zero-order valence-electron chi connectivity index (χ0n) is 14.9. The van der Waals surface area contributed by atoms with Crippen molar-refractivity contribution in [1.82, 2.24) is 9.78 Å². The number of aromatic nitrogens is 2. The van der Waals surface area contributed by atoms with Crippen LogP contribution in [0.15, 0.2) is 47.0 Å². The molecule has 140 valence electrons.